The molecule has 3 heterocycles. The number of nitrogens with zero attached hydrogens (tertiary/aromatic N) is 2. The van der Waals surface area contributed by atoms with Gasteiger partial charge in [0.25, 0.3) is 0 Å². The van der Waals surface area contributed by atoms with Crippen LogP contribution in [0.15, 0.2) is 18.2 Å². The second kappa shape index (κ2) is 5.39. The molecule has 0 aliphatic carbocycles. The first kappa shape index (κ1) is 12.8. The van der Waals surface area contributed by atoms with Gasteiger partial charge in [0.05, 0.1) is 12.6 Å². The van der Waals surface area contributed by atoms with Gasteiger partial charge in [0.15, 0.2) is 11.0 Å². The van der Waals surface area contributed by atoms with E-state index in [1.807, 2.05) is 22.6 Å². The van der Waals surface area contributed by atoms with E-state index in [0.29, 0.717) is 11.1 Å². The van der Waals surface area contributed by atoms with Gasteiger partial charge in [0, 0.05) is 12.5 Å². The summed E-state index contributed by atoms with van der Waals surface area (Å²) < 4.78 is 7.49. The van der Waals surface area contributed by atoms with Gasteiger partial charge in [-0.25, -0.2) is 4.98 Å². The zero-order valence-electron chi connectivity index (χ0n) is 11.0. The van der Waals surface area contributed by atoms with E-state index in [-0.39, 0.29) is 0 Å². The summed E-state index contributed by atoms with van der Waals surface area (Å²) in [5.41, 5.74) is 0.917. The molecular formula is C14H18ClN3O. The van der Waals surface area contributed by atoms with Crippen LogP contribution in [-0.2, 0) is 0 Å². The van der Waals surface area contributed by atoms with Crippen molar-refractivity contribution in [3.63, 3.8) is 0 Å². The van der Waals surface area contributed by atoms with Gasteiger partial charge in [-0.1, -0.05) is 24.1 Å². The van der Waals surface area contributed by atoms with E-state index < -0.39 is 0 Å². The summed E-state index contributed by atoms with van der Waals surface area (Å²) in [4.78, 5) is 4.57. The molecule has 1 saturated heterocycles. The van der Waals surface area contributed by atoms with Crippen molar-refractivity contribution in [2.45, 2.75) is 25.2 Å². The number of halogens is 1. The number of imidazole rings is 1. The number of hydrogen-bond donors (Lipinski definition) is 1. The normalized spacial score (nSPS) is 20.4. The first-order chi connectivity index (χ1) is 9.31. The summed E-state index contributed by atoms with van der Waals surface area (Å²) >= 11 is 6.26. The van der Waals surface area contributed by atoms with Crippen molar-refractivity contribution in [1.29, 1.82) is 0 Å². The molecule has 0 amide bonds. The smallest absolute Gasteiger partial charge is 0.199 e. The first-order valence-corrected chi connectivity index (χ1v) is 7.10. The predicted octanol–water partition coefficient (Wildman–Crippen LogP) is 2.85. The number of pyridine rings is 1. The minimum absolute atomic E-state index is 0.388. The number of hydrogen-bond acceptors (Lipinski definition) is 3. The Morgan fingerprint density at radius 3 is 3.16 bits per heavy atom. The van der Waals surface area contributed by atoms with E-state index in [0.717, 1.165) is 36.7 Å². The highest BCUT2D eigenvalue weighted by Gasteiger charge is 2.22. The highest BCUT2D eigenvalue weighted by molar-refractivity contribution is 6.32. The summed E-state index contributed by atoms with van der Waals surface area (Å²) in [5.74, 6) is 2.18. The van der Waals surface area contributed by atoms with Gasteiger partial charge >= 0.3 is 0 Å². The number of nitrogens with one attached hydrogen (secondary N) is 1. The van der Waals surface area contributed by atoms with E-state index in [4.69, 9.17) is 16.3 Å². The maximum absolute atomic E-state index is 6.26. The minimum Gasteiger partial charge on any atom is -0.482 e. The average molecular weight is 280 g/mol. The maximum atomic E-state index is 6.26. The second-order valence-electron chi connectivity index (χ2n) is 4.95. The molecule has 2 aromatic heterocycles. The van der Waals surface area contributed by atoms with Crippen LogP contribution in [0.25, 0.3) is 5.52 Å². The van der Waals surface area contributed by atoms with Crippen LogP contribution in [0, 0.1) is 0 Å². The molecule has 1 unspecified atom stereocenters. The van der Waals surface area contributed by atoms with E-state index in [2.05, 4.69) is 10.3 Å². The van der Waals surface area contributed by atoms with Crippen molar-refractivity contribution in [2.75, 3.05) is 20.2 Å². The largest absolute Gasteiger partial charge is 0.482 e. The molecule has 0 spiro atoms. The standard InChI is InChI=1S/C14H18ClN3O/c1-19-12-7-4-6-11-13(15)17-14(18(11)12)10-5-2-3-8-16-9-10/h4,6-7,10,16H,2-3,5,8-9H2,1H3. The van der Waals surface area contributed by atoms with Crippen LogP contribution in [0.3, 0.4) is 0 Å². The molecule has 5 heteroatoms. The van der Waals surface area contributed by atoms with Crippen LogP contribution in [0.5, 0.6) is 5.88 Å². The van der Waals surface area contributed by atoms with Crippen molar-refractivity contribution in [1.82, 2.24) is 14.7 Å². The fourth-order valence-corrected chi connectivity index (χ4v) is 3.00. The Kier molecular flexibility index (Phi) is 3.62. The Balaban J connectivity index is 2.11. The highest BCUT2D eigenvalue weighted by Crippen LogP contribution is 2.30. The van der Waals surface area contributed by atoms with E-state index >= 15 is 0 Å². The van der Waals surface area contributed by atoms with E-state index in [1.165, 1.54) is 12.8 Å². The number of ether oxygens (including phenoxy) is 1. The number of rotatable bonds is 2. The number of fused-ring (bicyclic) bond motifs is 1. The molecule has 0 radical (unpaired) electrons. The molecule has 4 nitrogen and oxygen atoms in total. The molecule has 1 atom stereocenters. The average Bonchev–Trinajstić information content (AvgIpc) is 2.65. The molecule has 19 heavy (non-hydrogen) atoms. The van der Waals surface area contributed by atoms with Gasteiger partial charge in [-0.15, -0.1) is 0 Å². The Labute approximate surface area is 117 Å². The first-order valence-electron chi connectivity index (χ1n) is 6.73. The molecular weight excluding hydrogens is 262 g/mol. The van der Waals surface area contributed by atoms with Crippen molar-refractivity contribution in [3.8, 4) is 5.88 Å². The fourth-order valence-electron chi connectivity index (χ4n) is 2.77. The van der Waals surface area contributed by atoms with Gasteiger partial charge in [-0.05, 0) is 31.5 Å². The van der Waals surface area contributed by atoms with Crippen LogP contribution in [0.1, 0.15) is 31.0 Å². The van der Waals surface area contributed by atoms with Crippen LogP contribution < -0.4 is 10.1 Å². The lowest BCUT2D eigenvalue weighted by molar-refractivity contribution is 0.387. The Morgan fingerprint density at radius 1 is 1.42 bits per heavy atom. The zero-order chi connectivity index (χ0) is 13.2. The van der Waals surface area contributed by atoms with Gasteiger partial charge in [-0.3, -0.25) is 4.40 Å². The van der Waals surface area contributed by atoms with E-state index in [9.17, 15) is 0 Å². The highest BCUT2D eigenvalue weighted by atomic mass is 35.5. The lowest BCUT2D eigenvalue weighted by Crippen LogP contribution is -2.21. The maximum Gasteiger partial charge on any atom is 0.199 e. The molecule has 2 aromatic rings. The fraction of sp³-hybridized carbons (Fsp3) is 0.500. The van der Waals surface area contributed by atoms with Gasteiger partial charge in [-0.2, -0.15) is 0 Å². The Morgan fingerprint density at radius 2 is 2.32 bits per heavy atom. The number of methoxy groups -OCH3 is 1. The molecule has 1 aliphatic heterocycles. The molecule has 1 aliphatic rings. The summed E-state index contributed by atoms with van der Waals surface area (Å²) in [6, 6.07) is 5.86. The molecule has 102 valence electrons. The third-order valence-electron chi connectivity index (χ3n) is 3.73. The van der Waals surface area contributed by atoms with Gasteiger partial charge in [0.1, 0.15) is 5.82 Å². The van der Waals surface area contributed by atoms with Gasteiger partial charge in [0.2, 0.25) is 0 Å². The van der Waals surface area contributed by atoms with Crippen molar-refractivity contribution < 1.29 is 4.74 Å². The minimum atomic E-state index is 0.388. The quantitative estimate of drug-likeness (QED) is 0.919. The van der Waals surface area contributed by atoms with Crippen LogP contribution in [0.2, 0.25) is 5.15 Å². The van der Waals surface area contributed by atoms with Crippen LogP contribution in [-0.4, -0.2) is 29.6 Å². The molecule has 0 aromatic carbocycles. The monoisotopic (exact) mass is 279 g/mol. The Hall–Kier alpha value is -1.26. The Bertz CT molecular complexity index is 573. The molecule has 0 saturated carbocycles. The molecule has 1 N–H and O–H groups in total. The van der Waals surface area contributed by atoms with Gasteiger partial charge < -0.3 is 10.1 Å². The SMILES string of the molecule is COc1cccc2c(Cl)nc(C3CCCCNC3)n12. The third-order valence-corrected chi connectivity index (χ3v) is 4.01. The predicted molar refractivity (Wildman–Crippen MR) is 76.2 cm³/mol. The second-order valence-corrected chi connectivity index (χ2v) is 5.30. The van der Waals surface area contributed by atoms with Crippen molar-refractivity contribution in [3.05, 3.63) is 29.2 Å². The van der Waals surface area contributed by atoms with Crippen molar-refractivity contribution >= 4 is 17.1 Å². The van der Waals surface area contributed by atoms with Crippen LogP contribution in [0.4, 0.5) is 0 Å². The lowest BCUT2D eigenvalue weighted by atomic mass is 10.0. The molecule has 0 bridgehead atoms. The lowest BCUT2D eigenvalue weighted by Gasteiger charge is -2.14. The van der Waals surface area contributed by atoms with Crippen molar-refractivity contribution in [2.24, 2.45) is 0 Å². The molecule has 3 rings (SSSR count). The van der Waals surface area contributed by atoms with E-state index in [1.54, 1.807) is 7.11 Å². The summed E-state index contributed by atoms with van der Waals surface area (Å²) in [6.45, 7) is 2.04. The summed E-state index contributed by atoms with van der Waals surface area (Å²) in [7, 11) is 1.68. The topological polar surface area (TPSA) is 38.6 Å². The summed E-state index contributed by atoms with van der Waals surface area (Å²) in [5, 5.41) is 4.02. The third kappa shape index (κ3) is 2.30. The summed E-state index contributed by atoms with van der Waals surface area (Å²) in [6.07, 6.45) is 3.59. The molecule has 1 fully saturated rings. The van der Waals surface area contributed by atoms with Crippen LogP contribution >= 0.6 is 11.6 Å². The zero-order valence-corrected chi connectivity index (χ0v) is 11.8. The number of aromatic nitrogens is 2.